The van der Waals surface area contributed by atoms with E-state index in [1.807, 2.05) is 11.5 Å². The molecule has 1 aromatic heterocycles. The van der Waals surface area contributed by atoms with Crippen molar-refractivity contribution < 1.29 is 17.9 Å². The first-order valence-electron chi connectivity index (χ1n) is 8.64. The first-order chi connectivity index (χ1) is 13.2. The van der Waals surface area contributed by atoms with Gasteiger partial charge in [0.2, 0.25) is 0 Å². The van der Waals surface area contributed by atoms with E-state index in [1.165, 1.54) is 0 Å². The number of nitrogens with two attached hydrogens (primary N) is 2. The fraction of sp³-hybridized carbons (Fsp3) is 0.263. The van der Waals surface area contributed by atoms with Crippen LogP contribution in [-0.4, -0.2) is 14.8 Å². The molecule has 4 N–H and O–H groups in total. The fourth-order valence-corrected chi connectivity index (χ4v) is 3.67. The summed E-state index contributed by atoms with van der Waals surface area (Å²) in [6.45, 7) is 3.59. The van der Waals surface area contributed by atoms with Crippen LogP contribution in [0.25, 0.3) is 11.4 Å². The quantitative estimate of drug-likeness (QED) is 0.665. The average Bonchev–Trinajstić information content (AvgIpc) is 3.15. The van der Waals surface area contributed by atoms with Gasteiger partial charge in [0, 0.05) is 30.2 Å². The van der Waals surface area contributed by atoms with Gasteiger partial charge in [0.05, 0.1) is 11.4 Å². The number of benzene rings is 2. The standard InChI is InChI=1S/C19H18F3N5O/c1-9-8-19(2,28-16-12(21)6-11(20)7-13(16)22)18-26-25-17(27(9)18)10-3-4-14(23)15(24)5-10/h3-7,9H,8,23-24H2,1-2H3. The van der Waals surface area contributed by atoms with Crippen molar-refractivity contribution >= 4 is 11.4 Å². The van der Waals surface area contributed by atoms with Gasteiger partial charge in [-0.1, -0.05) is 0 Å². The summed E-state index contributed by atoms with van der Waals surface area (Å²) >= 11 is 0. The Bertz CT molecular complexity index is 1060. The molecule has 2 aromatic carbocycles. The third-order valence-corrected chi connectivity index (χ3v) is 4.93. The molecule has 2 atom stereocenters. The number of rotatable bonds is 3. The SMILES string of the molecule is CC1CC(C)(Oc2c(F)cc(F)cc2F)c2nnc(-c3ccc(N)c(N)c3)n21. The molecule has 0 aliphatic carbocycles. The lowest BCUT2D eigenvalue weighted by Gasteiger charge is -2.24. The molecule has 1 aliphatic rings. The average molecular weight is 389 g/mol. The molecule has 0 spiro atoms. The maximum Gasteiger partial charge on any atom is 0.192 e. The smallest absolute Gasteiger partial charge is 0.192 e. The Kier molecular flexibility index (Phi) is 3.99. The lowest BCUT2D eigenvalue weighted by atomic mass is 10.0. The third-order valence-electron chi connectivity index (χ3n) is 4.93. The molecule has 2 unspecified atom stereocenters. The van der Waals surface area contributed by atoms with Crippen molar-refractivity contribution in [1.82, 2.24) is 14.8 Å². The van der Waals surface area contributed by atoms with Crippen LogP contribution in [0.4, 0.5) is 24.5 Å². The lowest BCUT2D eigenvalue weighted by molar-refractivity contribution is 0.0689. The number of nitrogens with zero attached hydrogens (tertiary/aromatic N) is 3. The fourth-order valence-electron chi connectivity index (χ4n) is 3.67. The minimum absolute atomic E-state index is 0.115. The molecule has 0 bridgehead atoms. The first kappa shape index (κ1) is 18.1. The number of halogens is 3. The summed E-state index contributed by atoms with van der Waals surface area (Å²) in [5.41, 5.74) is 12.1. The number of fused-ring (bicyclic) bond motifs is 1. The van der Waals surface area contributed by atoms with Gasteiger partial charge in [-0.2, -0.15) is 0 Å². The van der Waals surface area contributed by atoms with E-state index in [4.69, 9.17) is 16.2 Å². The van der Waals surface area contributed by atoms with Crippen LogP contribution < -0.4 is 16.2 Å². The van der Waals surface area contributed by atoms with Crippen LogP contribution >= 0.6 is 0 Å². The van der Waals surface area contributed by atoms with Gasteiger partial charge in [0.15, 0.2) is 34.6 Å². The zero-order valence-electron chi connectivity index (χ0n) is 15.2. The summed E-state index contributed by atoms with van der Waals surface area (Å²) in [4.78, 5) is 0. The molecule has 28 heavy (non-hydrogen) atoms. The molecular weight excluding hydrogens is 371 g/mol. The molecule has 4 rings (SSSR count). The van der Waals surface area contributed by atoms with Gasteiger partial charge in [-0.05, 0) is 32.0 Å². The van der Waals surface area contributed by atoms with E-state index in [2.05, 4.69) is 10.2 Å². The summed E-state index contributed by atoms with van der Waals surface area (Å²) in [5, 5.41) is 8.41. The predicted molar refractivity (Wildman–Crippen MR) is 97.9 cm³/mol. The molecular formula is C19H18F3N5O. The first-order valence-corrected chi connectivity index (χ1v) is 8.64. The van der Waals surface area contributed by atoms with Gasteiger partial charge in [-0.25, -0.2) is 13.2 Å². The van der Waals surface area contributed by atoms with Gasteiger partial charge in [-0.3, -0.25) is 0 Å². The normalized spacial score (nSPS) is 21.0. The van der Waals surface area contributed by atoms with Crippen molar-refractivity contribution in [3.8, 4) is 17.1 Å². The van der Waals surface area contributed by atoms with E-state index < -0.39 is 28.8 Å². The second-order valence-corrected chi connectivity index (χ2v) is 7.15. The zero-order valence-corrected chi connectivity index (χ0v) is 15.2. The number of ether oxygens (including phenoxy) is 1. The molecule has 6 nitrogen and oxygen atoms in total. The molecule has 0 amide bonds. The third kappa shape index (κ3) is 2.74. The van der Waals surface area contributed by atoms with Crippen molar-refractivity contribution in [2.45, 2.75) is 31.9 Å². The van der Waals surface area contributed by atoms with Gasteiger partial charge in [-0.15, -0.1) is 10.2 Å². The number of hydrogen-bond acceptors (Lipinski definition) is 5. The lowest BCUT2D eigenvalue weighted by Crippen LogP contribution is -2.28. The highest BCUT2D eigenvalue weighted by Crippen LogP contribution is 2.45. The Balaban J connectivity index is 1.77. The molecule has 146 valence electrons. The minimum atomic E-state index is -1.15. The van der Waals surface area contributed by atoms with Crippen molar-refractivity contribution in [3.05, 3.63) is 53.6 Å². The molecule has 3 aromatic rings. The maximum absolute atomic E-state index is 14.1. The number of aromatic nitrogens is 3. The van der Waals surface area contributed by atoms with E-state index in [0.717, 1.165) is 0 Å². The molecule has 0 fully saturated rings. The topological polar surface area (TPSA) is 92.0 Å². The van der Waals surface area contributed by atoms with E-state index in [1.54, 1.807) is 25.1 Å². The molecule has 0 saturated carbocycles. The molecule has 0 radical (unpaired) electrons. The maximum atomic E-state index is 14.1. The van der Waals surface area contributed by atoms with Gasteiger partial charge in [0.1, 0.15) is 5.82 Å². The van der Waals surface area contributed by atoms with Gasteiger partial charge in [0.25, 0.3) is 0 Å². The number of nitrogen functional groups attached to an aromatic ring is 2. The Morgan fingerprint density at radius 3 is 2.39 bits per heavy atom. The Morgan fingerprint density at radius 1 is 1.07 bits per heavy atom. The van der Waals surface area contributed by atoms with E-state index >= 15 is 0 Å². The highest BCUT2D eigenvalue weighted by molar-refractivity contribution is 5.72. The minimum Gasteiger partial charge on any atom is -0.473 e. The summed E-state index contributed by atoms with van der Waals surface area (Å²) in [7, 11) is 0. The van der Waals surface area contributed by atoms with Crippen molar-refractivity contribution in [2.75, 3.05) is 11.5 Å². The van der Waals surface area contributed by atoms with E-state index in [0.29, 0.717) is 47.1 Å². The molecule has 2 heterocycles. The summed E-state index contributed by atoms with van der Waals surface area (Å²) in [6, 6.07) is 6.17. The Hall–Kier alpha value is -3.23. The van der Waals surface area contributed by atoms with Gasteiger partial charge < -0.3 is 20.8 Å². The highest BCUT2D eigenvalue weighted by Gasteiger charge is 2.45. The van der Waals surface area contributed by atoms with Crippen LogP contribution in [0.5, 0.6) is 5.75 Å². The van der Waals surface area contributed by atoms with E-state index in [-0.39, 0.29) is 6.04 Å². The van der Waals surface area contributed by atoms with Crippen LogP contribution in [0.1, 0.15) is 32.1 Å². The van der Waals surface area contributed by atoms with Crippen LogP contribution in [0.15, 0.2) is 30.3 Å². The van der Waals surface area contributed by atoms with E-state index in [9.17, 15) is 13.2 Å². The van der Waals surface area contributed by atoms with Crippen molar-refractivity contribution in [2.24, 2.45) is 0 Å². The molecule has 9 heteroatoms. The largest absolute Gasteiger partial charge is 0.473 e. The summed E-state index contributed by atoms with van der Waals surface area (Å²) in [5.74, 6) is -2.94. The number of hydrogen-bond donors (Lipinski definition) is 2. The zero-order chi connectivity index (χ0) is 20.2. The predicted octanol–water partition coefficient (Wildman–Crippen LogP) is 3.79. The molecule has 0 saturated heterocycles. The number of anilines is 2. The Labute approximate surface area is 158 Å². The molecule has 1 aliphatic heterocycles. The Morgan fingerprint density at radius 2 is 1.75 bits per heavy atom. The summed E-state index contributed by atoms with van der Waals surface area (Å²) in [6.07, 6.45) is 0.394. The monoisotopic (exact) mass is 389 g/mol. The summed E-state index contributed by atoms with van der Waals surface area (Å²) < 4.78 is 48.9. The van der Waals surface area contributed by atoms with Crippen LogP contribution in [0.3, 0.4) is 0 Å². The van der Waals surface area contributed by atoms with Crippen LogP contribution in [0.2, 0.25) is 0 Å². The van der Waals surface area contributed by atoms with Gasteiger partial charge >= 0.3 is 0 Å². The second-order valence-electron chi connectivity index (χ2n) is 7.15. The van der Waals surface area contributed by atoms with Crippen LogP contribution in [-0.2, 0) is 5.60 Å². The highest BCUT2D eigenvalue weighted by atomic mass is 19.1. The van der Waals surface area contributed by atoms with Crippen LogP contribution in [0, 0.1) is 17.5 Å². The van der Waals surface area contributed by atoms with Crippen molar-refractivity contribution in [1.29, 1.82) is 0 Å². The second kappa shape index (κ2) is 6.15. The van der Waals surface area contributed by atoms with Crippen molar-refractivity contribution in [3.63, 3.8) is 0 Å².